The van der Waals surface area contributed by atoms with Gasteiger partial charge in [0.2, 0.25) is 0 Å². The number of rotatable bonds is 3. The van der Waals surface area contributed by atoms with Gasteiger partial charge in [-0.1, -0.05) is 12.8 Å². The molecule has 0 spiro atoms. The largest absolute Gasteiger partial charge is 0.307 e. The Morgan fingerprint density at radius 2 is 2.06 bits per heavy atom. The van der Waals surface area contributed by atoms with Crippen molar-refractivity contribution in [2.45, 2.75) is 44.7 Å². The molecule has 0 atom stereocenters. The van der Waals surface area contributed by atoms with Crippen LogP contribution in [0.4, 0.5) is 4.39 Å². The zero-order chi connectivity index (χ0) is 12.3. The number of hydrogen-bond donors (Lipinski definition) is 1. The fourth-order valence-electron chi connectivity index (χ4n) is 2.46. The van der Waals surface area contributed by atoms with Crippen molar-refractivity contribution in [3.05, 3.63) is 35.1 Å². The number of nitrogens with zero attached hydrogens (tertiary/aromatic N) is 1. The van der Waals surface area contributed by atoms with Crippen LogP contribution in [0.15, 0.2) is 18.2 Å². The van der Waals surface area contributed by atoms with E-state index in [2.05, 4.69) is 12.2 Å². The van der Waals surface area contributed by atoms with Crippen molar-refractivity contribution in [1.82, 2.24) is 5.32 Å². The number of nitriles is 1. The van der Waals surface area contributed by atoms with Crippen LogP contribution in [0.5, 0.6) is 0 Å². The molecule has 1 saturated carbocycles. The minimum Gasteiger partial charge on any atom is -0.307 e. The first-order valence-corrected chi connectivity index (χ1v) is 6.06. The smallest absolute Gasteiger partial charge is 0.124 e. The number of hydrogen-bond acceptors (Lipinski definition) is 2. The van der Waals surface area contributed by atoms with Crippen molar-refractivity contribution in [2.24, 2.45) is 0 Å². The first-order chi connectivity index (χ1) is 8.11. The second-order valence-electron chi connectivity index (χ2n) is 5.08. The van der Waals surface area contributed by atoms with Gasteiger partial charge in [0.15, 0.2) is 0 Å². The fraction of sp³-hybridized carbons (Fsp3) is 0.500. The van der Waals surface area contributed by atoms with Crippen molar-refractivity contribution in [3.8, 4) is 6.07 Å². The van der Waals surface area contributed by atoms with Crippen molar-refractivity contribution in [1.29, 1.82) is 5.26 Å². The van der Waals surface area contributed by atoms with Crippen LogP contribution in [0.1, 0.15) is 43.7 Å². The minimum atomic E-state index is -0.336. The van der Waals surface area contributed by atoms with Crippen LogP contribution in [-0.4, -0.2) is 5.54 Å². The molecule has 1 fully saturated rings. The molecule has 1 aromatic carbocycles. The average Bonchev–Trinajstić information content (AvgIpc) is 2.73. The molecular formula is C14H17FN2. The van der Waals surface area contributed by atoms with Gasteiger partial charge in [-0.05, 0) is 43.5 Å². The molecule has 1 N–H and O–H groups in total. The van der Waals surface area contributed by atoms with Gasteiger partial charge < -0.3 is 5.32 Å². The summed E-state index contributed by atoms with van der Waals surface area (Å²) in [7, 11) is 0. The maximum absolute atomic E-state index is 13.2. The molecule has 0 amide bonds. The zero-order valence-corrected chi connectivity index (χ0v) is 10.1. The molecule has 90 valence electrons. The highest BCUT2D eigenvalue weighted by Gasteiger charge is 2.27. The van der Waals surface area contributed by atoms with E-state index in [1.54, 1.807) is 6.07 Å². The second-order valence-corrected chi connectivity index (χ2v) is 5.08. The molecule has 2 nitrogen and oxygen atoms in total. The van der Waals surface area contributed by atoms with Crippen molar-refractivity contribution < 1.29 is 4.39 Å². The van der Waals surface area contributed by atoms with Crippen molar-refractivity contribution in [3.63, 3.8) is 0 Å². The predicted molar refractivity (Wildman–Crippen MR) is 64.8 cm³/mol. The molecular weight excluding hydrogens is 215 g/mol. The summed E-state index contributed by atoms with van der Waals surface area (Å²) in [6.45, 7) is 2.84. The van der Waals surface area contributed by atoms with E-state index in [1.165, 1.54) is 37.8 Å². The normalized spacial score (nSPS) is 17.9. The first kappa shape index (κ1) is 12.1. The summed E-state index contributed by atoms with van der Waals surface area (Å²) in [6.07, 6.45) is 4.87. The van der Waals surface area contributed by atoms with E-state index in [1.807, 2.05) is 6.07 Å². The van der Waals surface area contributed by atoms with E-state index >= 15 is 0 Å². The van der Waals surface area contributed by atoms with Crippen LogP contribution >= 0.6 is 0 Å². The highest BCUT2D eigenvalue weighted by atomic mass is 19.1. The van der Waals surface area contributed by atoms with Gasteiger partial charge in [0.25, 0.3) is 0 Å². The van der Waals surface area contributed by atoms with Gasteiger partial charge in [-0.15, -0.1) is 0 Å². The third-order valence-corrected chi connectivity index (χ3v) is 3.51. The maximum atomic E-state index is 13.2. The SMILES string of the molecule is CC1(NCc2cc(F)cc(C#N)c2)CCCC1. The van der Waals surface area contributed by atoms with E-state index in [0.717, 1.165) is 5.56 Å². The summed E-state index contributed by atoms with van der Waals surface area (Å²) in [4.78, 5) is 0. The summed E-state index contributed by atoms with van der Waals surface area (Å²) in [5, 5.41) is 12.3. The Morgan fingerprint density at radius 1 is 1.35 bits per heavy atom. The van der Waals surface area contributed by atoms with E-state index in [9.17, 15) is 4.39 Å². The lowest BCUT2D eigenvalue weighted by Gasteiger charge is -2.25. The Labute approximate surface area is 101 Å². The number of benzene rings is 1. The quantitative estimate of drug-likeness (QED) is 0.869. The molecule has 0 aromatic heterocycles. The molecule has 1 aliphatic carbocycles. The number of nitrogens with one attached hydrogen (secondary N) is 1. The first-order valence-electron chi connectivity index (χ1n) is 6.06. The minimum absolute atomic E-state index is 0.180. The molecule has 0 aliphatic heterocycles. The number of halogens is 1. The molecule has 0 bridgehead atoms. The second kappa shape index (κ2) is 4.85. The highest BCUT2D eigenvalue weighted by Crippen LogP contribution is 2.29. The standard InChI is InChI=1S/C14H17FN2/c1-14(4-2-3-5-14)17-10-12-6-11(9-16)7-13(15)8-12/h6-8,17H,2-5,10H2,1H3. The van der Waals surface area contributed by atoms with Crippen molar-refractivity contribution in [2.75, 3.05) is 0 Å². The van der Waals surface area contributed by atoms with Gasteiger partial charge in [0.05, 0.1) is 11.6 Å². The van der Waals surface area contributed by atoms with Gasteiger partial charge in [-0.3, -0.25) is 0 Å². The van der Waals surface area contributed by atoms with E-state index in [-0.39, 0.29) is 11.4 Å². The zero-order valence-electron chi connectivity index (χ0n) is 10.1. The monoisotopic (exact) mass is 232 g/mol. The van der Waals surface area contributed by atoms with E-state index in [0.29, 0.717) is 12.1 Å². The molecule has 1 aliphatic rings. The van der Waals surface area contributed by atoms with E-state index in [4.69, 9.17) is 5.26 Å². The summed E-state index contributed by atoms with van der Waals surface area (Å²) in [6, 6.07) is 6.48. The average molecular weight is 232 g/mol. The van der Waals surface area contributed by atoms with Crippen LogP contribution in [0.25, 0.3) is 0 Å². The lowest BCUT2D eigenvalue weighted by atomic mass is 10.00. The third-order valence-electron chi connectivity index (χ3n) is 3.51. The lowest BCUT2D eigenvalue weighted by molar-refractivity contribution is 0.362. The molecule has 0 unspecified atom stereocenters. The summed E-state index contributed by atoms with van der Waals surface area (Å²) in [5.74, 6) is -0.336. The molecule has 17 heavy (non-hydrogen) atoms. The Hall–Kier alpha value is -1.40. The molecule has 2 rings (SSSR count). The van der Waals surface area contributed by atoms with Gasteiger partial charge in [0, 0.05) is 12.1 Å². The van der Waals surface area contributed by atoms with Crippen LogP contribution < -0.4 is 5.32 Å². The maximum Gasteiger partial charge on any atom is 0.124 e. The molecule has 3 heteroatoms. The Bertz CT molecular complexity index is 442. The molecule has 0 radical (unpaired) electrons. The van der Waals surface area contributed by atoms with Gasteiger partial charge in [0.1, 0.15) is 5.82 Å². The molecule has 1 aromatic rings. The van der Waals surface area contributed by atoms with Crippen LogP contribution in [0.3, 0.4) is 0 Å². The summed E-state index contributed by atoms with van der Waals surface area (Å²) >= 11 is 0. The molecule has 0 heterocycles. The third kappa shape index (κ3) is 3.04. The molecule has 0 saturated heterocycles. The highest BCUT2D eigenvalue weighted by molar-refractivity contribution is 5.33. The van der Waals surface area contributed by atoms with E-state index < -0.39 is 0 Å². The van der Waals surface area contributed by atoms with Crippen molar-refractivity contribution >= 4 is 0 Å². The van der Waals surface area contributed by atoms with Crippen LogP contribution in [-0.2, 0) is 6.54 Å². The lowest BCUT2D eigenvalue weighted by Crippen LogP contribution is -2.38. The Kier molecular flexibility index (Phi) is 3.44. The van der Waals surface area contributed by atoms with Gasteiger partial charge >= 0.3 is 0 Å². The fourth-order valence-corrected chi connectivity index (χ4v) is 2.46. The van der Waals surface area contributed by atoms with Gasteiger partial charge in [-0.2, -0.15) is 5.26 Å². The summed E-state index contributed by atoms with van der Waals surface area (Å²) < 4.78 is 13.2. The van der Waals surface area contributed by atoms with Gasteiger partial charge in [-0.25, -0.2) is 4.39 Å². The Morgan fingerprint density at radius 3 is 2.71 bits per heavy atom. The summed E-state index contributed by atoms with van der Waals surface area (Å²) in [5.41, 5.74) is 1.41. The van der Waals surface area contributed by atoms with Crippen LogP contribution in [0.2, 0.25) is 0 Å². The topological polar surface area (TPSA) is 35.8 Å². The van der Waals surface area contributed by atoms with Crippen LogP contribution in [0, 0.1) is 17.1 Å². The predicted octanol–water partition coefficient (Wildman–Crippen LogP) is 3.12. The Balaban J connectivity index is 2.04.